The molecule has 0 heterocycles. The topological polar surface area (TPSA) is 66.4 Å². The third kappa shape index (κ3) is 3.59. The molecule has 1 aromatic carbocycles. The Morgan fingerprint density at radius 1 is 1.29 bits per heavy atom. The van der Waals surface area contributed by atoms with E-state index in [0.29, 0.717) is 6.42 Å². The van der Waals surface area contributed by atoms with E-state index in [1.54, 1.807) is 6.92 Å². The number of carbonyl (C=O) groups excluding carboxylic acids is 1. The summed E-state index contributed by atoms with van der Waals surface area (Å²) in [5.41, 5.74) is 0.959. The number of benzene rings is 1. The number of carbonyl (C=O) groups is 2. The van der Waals surface area contributed by atoms with E-state index in [9.17, 15) is 9.59 Å². The molecular formula is C13H17NO3. The van der Waals surface area contributed by atoms with Gasteiger partial charge in [0.25, 0.3) is 0 Å². The van der Waals surface area contributed by atoms with Crippen LogP contribution in [0.3, 0.4) is 0 Å². The van der Waals surface area contributed by atoms with Crippen molar-refractivity contribution in [2.75, 3.05) is 0 Å². The third-order valence-electron chi connectivity index (χ3n) is 2.68. The molecule has 92 valence electrons. The molecule has 1 rings (SSSR count). The van der Waals surface area contributed by atoms with Crippen LogP contribution in [-0.2, 0) is 9.59 Å². The average molecular weight is 235 g/mol. The lowest BCUT2D eigenvalue weighted by Gasteiger charge is -2.17. The van der Waals surface area contributed by atoms with Gasteiger partial charge >= 0.3 is 5.97 Å². The molecule has 0 aliphatic carbocycles. The minimum Gasteiger partial charge on any atom is -0.481 e. The van der Waals surface area contributed by atoms with E-state index >= 15 is 0 Å². The van der Waals surface area contributed by atoms with Crippen LogP contribution in [0.5, 0.6) is 0 Å². The monoisotopic (exact) mass is 235 g/mol. The van der Waals surface area contributed by atoms with Gasteiger partial charge < -0.3 is 10.4 Å². The van der Waals surface area contributed by atoms with E-state index < -0.39 is 17.8 Å². The number of rotatable bonds is 5. The molecule has 4 heteroatoms. The fourth-order valence-corrected chi connectivity index (χ4v) is 1.61. The van der Waals surface area contributed by atoms with Gasteiger partial charge in [0, 0.05) is 0 Å². The summed E-state index contributed by atoms with van der Waals surface area (Å²) >= 11 is 0. The van der Waals surface area contributed by atoms with E-state index in [1.807, 2.05) is 37.3 Å². The molecule has 0 saturated heterocycles. The second-order valence-corrected chi connectivity index (χ2v) is 3.94. The van der Waals surface area contributed by atoms with Crippen LogP contribution in [0, 0.1) is 5.92 Å². The van der Waals surface area contributed by atoms with Gasteiger partial charge in [-0.2, -0.15) is 0 Å². The maximum absolute atomic E-state index is 11.7. The molecule has 2 atom stereocenters. The Kier molecular flexibility index (Phi) is 4.69. The summed E-state index contributed by atoms with van der Waals surface area (Å²) in [6.07, 6.45) is 0.294. The second kappa shape index (κ2) is 6.03. The van der Waals surface area contributed by atoms with Gasteiger partial charge in [-0.05, 0) is 18.9 Å². The minimum absolute atomic E-state index is 0.183. The molecule has 1 amide bonds. The van der Waals surface area contributed by atoms with Crippen molar-refractivity contribution in [3.05, 3.63) is 35.9 Å². The van der Waals surface area contributed by atoms with Crippen molar-refractivity contribution in [1.29, 1.82) is 0 Å². The predicted octanol–water partition coefficient (Wildman–Crippen LogP) is 1.97. The van der Waals surface area contributed by atoms with Gasteiger partial charge in [0.1, 0.15) is 5.92 Å². The minimum atomic E-state index is -1.08. The first-order valence-corrected chi connectivity index (χ1v) is 5.64. The Morgan fingerprint density at radius 2 is 1.88 bits per heavy atom. The van der Waals surface area contributed by atoms with E-state index in [2.05, 4.69) is 5.32 Å². The SMILES string of the molecule is CC[C@H](C(=O)O)C(=O)N[C@@H](C)c1ccccc1. The molecule has 1 aromatic rings. The van der Waals surface area contributed by atoms with Crippen LogP contribution in [0.2, 0.25) is 0 Å². The molecule has 0 aliphatic rings. The van der Waals surface area contributed by atoms with Crippen molar-refractivity contribution >= 4 is 11.9 Å². The van der Waals surface area contributed by atoms with Crippen LogP contribution in [0.4, 0.5) is 0 Å². The number of hydrogen-bond donors (Lipinski definition) is 2. The first-order chi connectivity index (χ1) is 8.06. The van der Waals surface area contributed by atoms with Gasteiger partial charge in [-0.15, -0.1) is 0 Å². The van der Waals surface area contributed by atoms with Gasteiger partial charge in [0.2, 0.25) is 5.91 Å². The van der Waals surface area contributed by atoms with Gasteiger partial charge in [0.05, 0.1) is 6.04 Å². The number of amides is 1. The molecule has 0 aromatic heterocycles. The number of carboxylic acids is 1. The maximum atomic E-state index is 11.7. The van der Waals surface area contributed by atoms with Crippen LogP contribution in [0.25, 0.3) is 0 Å². The summed E-state index contributed by atoms with van der Waals surface area (Å²) in [6.45, 7) is 3.52. The first kappa shape index (κ1) is 13.2. The van der Waals surface area contributed by atoms with Crippen LogP contribution in [0.1, 0.15) is 31.9 Å². The van der Waals surface area contributed by atoms with Crippen molar-refractivity contribution in [2.24, 2.45) is 5.92 Å². The Labute approximate surface area is 101 Å². The smallest absolute Gasteiger partial charge is 0.316 e. The zero-order valence-corrected chi connectivity index (χ0v) is 10.0. The van der Waals surface area contributed by atoms with Crippen LogP contribution >= 0.6 is 0 Å². The van der Waals surface area contributed by atoms with Crippen molar-refractivity contribution in [2.45, 2.75) is 26.3 Å². The fourth-order valence-electron chi connectivity index (χ4n) is 1.61. The highest BCUT2D eigenvalue weighted by Crippen LogP contribution is 2.13. The number of aliphatic carboxylic acids is 1. The zero-order valence-electron chi connectivity index (χ0n) is 10.0. The summed E-state index contributed by atoms with van der Waals surface area (Å²) in [4.78, 5) is 22.5. The van der Waals surface area contributed by atoms with Crippen LogP contribution < -0.4 is 5.32 Å². The van der Waals surface area contributed by atoms with Gasteiger partial charge in [-0.1, -0.05) is 37.3 Å². The maximum Gasteiger partial charge on any atom is 0.316 e. The molecule has 0 radical (unpaired) electrons. The number of hydrogen-bond acceptors (Lipinski definition) is 2. The average Bonchev–Trinajstić information content (AvgIpc) is 2.30. The molecule has 0 saturated carbocycles. The Balaban J connectivity index is 2.66. The van der Waals surface area contributed by atoms with Crippen molar-refractivity contribution in [3.63, 3.8) is 0 Å². The Bertz CT molecular complexity index is 389. The second-order valence-electron chi connectivity index (χ2n) is 3.94. The number of carboxylic acid groups (broad SMARTS) is 1. The molecule has 0 unspecified atom stereocenters. The molecule has 0 aliphatic heterocycles. The highest BCUT2D eigenvalue weighted by Gasteiger charge is 2.25. The molecule has 0 bridgehead atoms. The summed E-state index contributed by atoms with van der Waals surface area (Å²) < 4.78 is 0. The van der Waals surface area contributed by atoms with E-state index in [-0.39, 0.29) is 6.04 Å². The first-order valence-electron chi connectivity index (χ1n) is 5.64. The third-order valence-corrected chi connectivity index (χ3v) is 2.68. The van der Waals surface area contributed by atoms with Gasteiger partial charge in [-0.3, -0.25) is 9.59 Å². The van der Waals surface area contributed by atoms with Crippen molar-refractivity contribution in [3.8, 4) is 0 Å². The standard InChI is InChI=1S/C13H17NO3/c1-3-11(13(16)17)12(15)14-9(2)10-7-5-4-6-8-10/h4-9,11H,3H2,1-2H3,(H,14,15)(H,16,17)/t9-,11-/m0/s1. The van der Waals surface area contributed by atoms with Crippen molar-refractivity contribution in [1.82, 2.24) is 5.32 Å². The highest BCUT2D eigenvalue weighted by molar-refractivity contribution is 5.96. The van der Waals surface area contributed by atoms with Crippen LogP contribution in [-0.4, -0.2) is 17.0 Å². The lowest BCUT2D eigenvalue weighted by Crippen LogP contribution is -2.36. The van der Waals surface area contributed by atoms with Crippen LogP contribution in [0.15, 0.2) is 30.3 Å². The quantitative estimate of drug-likeness (QED) is 0.767. The highest BCUT2D eigenvalue weighted by atomic mass is 16.4. The molecule has 17 heavy (non-hydrogen) atoms. The van der Waals surface area contributed by atoms with E-state index in [4.69, 9.17) is 5.11 Å². The summed E-state index contributed by atoms with van der Waals surface area (Å²) in [6, 6.07) is 9.26. The van der Waals surface area contributed by atoms with E-state index in [1.165, 1.54) is 0 Å². The molecule has 0 fully saturated rings. The van der Waals surface area contributed by atoms with Gasteiger partial charge in [-0.25, -0.2) is 0 Å². The fraction of sp³-hybridized carbons (Fsp3) is 0.385. The normalized spacial score (nSPS) is 13.8. The lowest BCUT2D eigenvalue weighted by atomic mass is 10.0. The largest absolute Gasteiger partial charge is 0.481 e. The Morgan fingerprint density at radius 3 is 2.35 bits per heavy atom. The predicted molar refractivity (Wildman–Crippen MR) is 64.4 cm³/mol. The molecule has 2 N–H and O–H groups in total. The zero-order chi connectivity index (χ0) is 12.8. The molecular weight excluding hydrogens is 218 g/mol. The van der Waals surface area contributed by atoms with Crippen molar-refractivity contribution < 1.29 is 14.7 Å². The summed E-state index contributed by atoms with van der Waals surface area (Å²) in [7, 11) is 0. The lowest BCUT2D eigenvalue weighted by molar-refractivity contribution is -0.147. The van der Waals surface area contributed by atoms with Gasteiger partial charge in [0.15, 0.2) is 0 Å². The van der Waals surface area contributed by atoms with E-state index in [0.717, 1.165) is 5.56 Å². The molecule has 4 nitrogen and oxygen atoms in total. The molecule has 0 spiro atoms. The Hall–Kier alpha value is -1.84. The summed E-state index contributed by atoms with van der Waals surface area (Å²) in [5.74, 6) is -2.48. The number of nitrogens with one attached hydrogen (secondary N) is 1. The summed E-state index contributed by atoms with van der Waals surface area (Å²) in [5, 5.41) is 11.6.